The molecule has 0 bridgehead atoms. The molecule has 0 spiro atoms. The first kappa shape index (κ1) is 20.9. The summed E-state index contributed by atoms with van der Waals surface area (Å²) in [6, 6.07) is 8.82. The van der Waals surface area contributed by atoms with Gasteiger partial charge in [-0.05, 0) is 49.4 Å². The monoisotopic (exact) mass is 422 g/mol. The predicted molar refractivity (Wildman–Crippen MR) is 127 cm³/mol. The molecule has 0 aliphatic carbocycles. The lowest BCUT2D eigenvalue weighted by Crippen LogP contribution is -1.76. The Hall–Kier alpha value is -1.78. The molecule has 28 heavy (non-hydrogen) atoms. The lowest BCUT2D eigenvalue weighted by molar-refractivity contribution is 0.940. The van der Waals surface area contributed by atoms with Crippen molar-refractivity contribution >= 4 is 34.0 Å². The fraction of sp³-hybridized carbons (Fsp3) is 0.360. The Morgan fingerprint density at radius 3 is 2.25 bits per heavy atom. The van der Waals surface area contributed by atoms with Gasteiger partial charge in [0.2, 0.25) is 0 Å². The first-order chi connectivity index (χ1) is 13.7. The van der Waals surface area contributed by atoms with Crippen molar-refractivity contribution in [2.24, 2.45) is 0 Å². The molecule has 3 heteroatoms. The van der Waals surface area contributed by atoms with Gasteiger partial charge < -0.3 is 0 Å². The second-order valence-corrected chi connectivity index (χ2v) is 10.1. The third-order valence-electron chi connectivity index (χ3n) is 4.23. The summed E-state index contributed by atoms with van der Waals surface area (Å²) in [4.78, 5) is 6.47. The van der Waals surface area contributed by atoms with Gasteiger partial charge in [-0.2, -0.15) is 0 Å². The SMILES string of the molecule is CCCc1cc(C#Cc2sc(CCC)cc2C#Cc2ccc(CCC)s2)cs1. The van der Waals surface area contributed by atoms with E-state index in [1.54, 1.807) is 11.3 Å². The van der Waals surface area contributed by atoms with Gasteiger partial charge in [0.25, 0.3) is 0 Å². The fourth-order valence-electron chi connectivity index (χ4n) is 2.90. The smallest absolute Gasteiger partial charge is 0.0931 e. The van der Waals surface area contributed by atoms with Gasteiger partial charge in [0.15, 0.2) is 0 Å². The van der Waals surface area contributed by atoms with E-state index in [1.165, 1.54) is 27.5 Å². The zero-order valence-electron chi connectivity index (χ0n) is 16.9. The van der Waals surface area contributed by atoms with Gasteiger partial charge in [-0.1, -0.05) is 57.8 Å². The van der Waals surface area contributed by atoms with Gasteiger partial charge in [-0.15, -0.1) is 34.0 Å². The lowest BCUT2D eigenvalue weighted by Gasteiger charge is -1.88. The van der Waals surface area contributed by atoms with Crippen molar-refractivity contribution in [1.29, 1.82) is 0 Å². The summed E-state index contributed by atoms with van der Waals surface area (Å²) < 4.78 is 0. The quantitative estimate of drug-likeness (QED) is 0.360. The van der Waals surface area contributed by atoms with Gasteiger partial charge in [-0.3, -0.25) is 0 Å². The van der Waals surface area contributed by atoms with E-state index in [1.807, 2.05) is 22.7 Å². The van der Waals surface area contributed by atoms with Crippen LogP contribution >= 0.6 is 34.0 Å². The van der Waals surface area contributed by atoms with Gasteiger partial charge in [0.1, 0.15) is 0 Å². The molecule has 0 N–H and O–H groups in total. The van der Waals surface area contributed by atoms with Gasteiger partial charge in [0.05, 0.1) is 15.3 Å². The van der Waals surface area contributed by atoms with Gasteiger partial charge in [0, 0.05) is 25.6 Å². The molecule has 3 aromatic rings. The summed E-state index contributed by atoms with van der Waals surface area (Å²) in [5, 5.41) is 2.17. The van der Waals surface area contributed by atoms with E-state index in [4.69, 9.17) is 0 Å². The second-order valence-electron chi connectivity index (χ2n) is 6.77. The van der Waals surface area contributed by atoms with Crippen molar-refractivity contribution in [3.8, 4) is 23.7 Å². The molecule has 0 nitrogen and oxygen atoms in total. The molecule has 0 aliphatic heterocycles. The molecule has 144 valence electrons. The topological polar surface area (TPSA) is 0 Å². The van der Waals surface area contributed by atoms with Crippen LogP contribution in [0.1, 0.15) is 75.5 Å². The first-order valence-corrected chi connectivity index (χ1v) is 12.6. The van der Waals surface area contributed by atoms with Crippen LogP contribution in [-0.2, 0) is 19.3 Å². The summed E-state index contributed by atoms with van der Waals surface area (Å²) in [7, 11) is 0. The Balaban J connectivity index is 1.85. The van der Waals surface area contributed by atoms with Crippen LogP contribution in [0.25, 0.3) is 0 Å². The molecule has 0 unspecified atom stereocenters. The summed E-state index contributed by atoms with van der Waals surface area (Å²) in [6.45, 7) is 6.66. The number of rotatable bonds is 6. The summed E-state index contributed by atoms with van der Waals surface area (Å²) in [5.74, 6) is 13.5. The van der Waals surface area contributed by atoms with Crippen LogP contribution in [0.2, 0.25) is 0 Å². The highest BCUT2D eigenvalue weighted by atomic mass is 32.1. The van der Waals surface area contributed by atoms with Crippen molar-refractivity contribution in [2.45, 2.75) is 59.3 Å². The highest BCUT2D eigenvalue weighted by Crippen LogP contribution is 2.24. The standard InChI is InChI=1S/C25H26S3/c1-4-7-21-13-14-22(27-21)12-11-20-17-24(9-6-3)28-25(20)15-10-19-16-23(8-5-2)26-18-19/h13-14,16-18H,4-9H2,1-3H3. The Labute approximate surface area is 181 Å². The van der Waals surface area contributed by atoms with E-state index in [0.29, 0.717) is 0 Å². The summed E-state index contributed by atoms with van der Waals surface area (Å²) in [6.07, 6.45) is 6.89. The maximum absolute atomic E-state index is 3.40. The van der Waals surface area contributed by atoms with E-state index in [-0.39, 0.29) is 0 Å². The average Bonchev–Trinajstić information content (AvgIpc) is 3.40. The molecule has 3 aromatic heterocycles. The van der Waals surface area contributed by atoms with Crippen molar-refractivity contribution in [3.05, 3.63) is 65.2 Å². The van der Waals surface area contributed by atoms with E-state index in [9.17, 15) is 0 Å². The zero-order chi connectivity index (χ0) is 19.8. The summed E-state index contributed by atoms with van der Waals surface area (Å²) in [5.41, 5.74) is 2.20. The number of thiophene rings is 3. The highest BCUT2D eigenvalue weighted by molar-refractivity contribution is 7.13. The van der Waals surface area contributed by atoms with Crippen LogP contribution in [-0.4, -0.2) is 0 Å². The van der Waals surface area contributed by atoms with E-state index in [0.717, 1.165) is 46.6 Å². The predicted octanol–water partition coefficient (Wildman–Crippen LogP) is 7.53. The molecule has 0 radical (unpaired) electrons. The normalized spacial score (nSPS) is 10.2. The molecule has 0 amide bonds. The third kappa shape index (κ3) is 5.86. The minimum atomic E-state index is 1.08. The molecule has 0 atom stereocenters. The zero-order valence-corrected chi connectivity index (χ0v) is 19.3. The van der Waals surface area contributed by atoms with Crippen LogP contribution in [0.5, 0.6) is 0 Å². The minimum absolute atomic E-state index is 1.08. The fourth-order valence-corrected chi connectivity index (χ4v) is 5.86. The van der Waals surface area contributed by atoms with Crippen LogP contribution in [0.3, 0.4) is 0 Å². The third-order valence-corrected chi connectivity index (χ3v) is 7.40. The van der Waals surface area contributed by atoms with Crippen LogP contribution in [0.15, 0.2) is 29.6 Å². The maximum atomic E-state index is 3.40. The minimum Gasteiger partial charge on any atom is -0.148 e. The second kappa shape index (κ2) is 10.7. The van der Waals surface area contributed by atoms with E-state index in [2.05, 4.69) is 74.1 Å². The molecular formula is C25H26S3. The molecule has 0 aromatic carbocycles. The molecule has 0 saturated heterocycles. The molecule has 3 heterocycles. The maximum Gasteiger partial charge on any atom is 0.0931 e. The van der Waals surface area contributed by atoms with Crippen molar-refractivity contribution in [1.82, 2.24) is 0 Å². The molecule has 0 saturated carbocycles. The number of hydrogen-bond donors (Lipinski definition) is 0. The van der Waals surface area contributed by atoms with Crippen molar-refractivity contribution in [2.75, 3.05) is 0 Å². The van der Waals surface area contributed by atoms with Crippen molar-refractivity contribution in [3.63, 3.8) is 0 Å². The van der Waals surface area contributed by atoms with Crippen molar-refractivity contribution < 1.29 is 0 Å². The van der Waals surface area contributed by atoms with Crippen LogP contribution in [0, 0.1) is 23.7 Å². The first-order valence-electron chi connectivity index (χ1n) is 10.0. The van der Waals surface area contributed by atoms with Crippen LogP contribution in [0.4, 0.5) is 0 Å². The van der Waals surface area contributed by atoms with Gasteiger partial charge in [-0.25, -0.2) is 0 Å². The number of aryl methyl sites for hydroxylation is 3. The number of hydrogen-bond acceptors (Lipinski definition) is 3. The summed E-state index contributed by atoms with van der Waals surface area (Å²) >= 11 is 5.43. The molecule has 0 aliphatic rings. The van der Waals surface area contributed by atoms with Crippen LogP contribution < -0.4 is 0 Å². The lowest BCUT2D eigenvalue weighted by atomic mass is 10.2. The molecular weight excluding hydrogens is 396 g/mol. The van der Waals surface area contributed by atoms with Gasteiger partial charge >= 0.3 is 0 Å². The Kier molecular flexibility index (Phi) is 7.99. The Bertz CT molecular complexity index is 941. The Morgan fingerprint density at radius 2 is 1.46 bits per heavy atom. The van der Waals surface area contributed by atoms with E-state index >= 15 is 0 Å². The average molecular weight is 423 g/mol. The Morgan fingerprint density at radius 1 is 0.714 bits per heavy atom. The molecule has 0 fully saturated rings. The largest absolute Gasteiger partial charge is 0.148 e. The highest BCUT2D eigenvalue weighted by Gasteiger charge is 2.06. The molecule has 3 rings (SSSR count). The van der Waals surface area contributed by atoms with E-state index < -0.39 is 0 Å².